The van der Waals surface area contributed by atoms with E-state index in [2.05, 4.69) is 4.98 Å². The lowest BCUT2D eigenvalue weighted by molar-refractivity contribution is -0.147. The molecule has 19 heavy (non-hydrogen) atoms. The third kappa shape index (κ3) is 4.51. The third-order valence-electron chi connectivity index (χ3n) is 2.50. The van der Waals surface area contributed by atoms with E-state index in [9.17, 15) is 18.0 Å². The van der Waals surface area contributed by atoms with Crippen molar-refractivity contribution in [2.24, 2.45) is 11.7 Å². The smallest absolute Gasteiger partial charge is 0.417 e. The van der Waals surface area contributed by atoms with Crippen LogP contribution in [0.15, 0.2) is 18.3 Å². The minimum atomic E-state index is -4.43. The Hall–Kier alpha value is -1.63. The van der Waals surface area contributed by atoms with Crippen LogP contribution in [0.25, 0.3) is 0 Å². The number of alkyl halides is 3. The molecule has 0 aliphatic carbocycles. The van der Waals surface area contributed by atoms with Gasteiger partial charge in [0, 0.05) is 6.20 Å². The fourth-order valence-electron chi connectivity index (χ4n) is 1.19. The summed E-state index contributed by atoms with van der Waals surface area (Å²) in [6.07, 6.45) is -3.73. The van der Waals surface area contributed by atoms with Gasteiger partial charge in [0.15, 0.2) is 0 Å². The molecule has 1 unspecified atom stereocenters. The Morgan fingerprint density at radius 3 is 2.47 bits per heavy atom. The predicted molar refractivity (Wildman–Crippen MR) is 61.8 cm³/mol. The van der Waals surface area contributed by atoms with E-state index >= 15 is 0 Å². The molecular formula is C12H15F3N2O2. The topological polar surface area (TPSA) is 65.2 Å². The van der Waals surface area contributed by atoms with Crippen LogP contribution in [0.3, 0.4) is 0 Å². The molecule has 0 radical (unpaired) electrons. The molecule has 0 aromatic carbocycles. The van der Waals surface area contributed by atoms with Crippen molar-refractivity contribution in [1.82, 2.24) is 4.98 Å². The zero-order chi connectivity index (χ0) is 14.6. The number of aromatic nitrogens is 1. The Labute approximate surface area is 108 Å². The normalized spacial score (nSPS) is 13.4. The highest BCUT2D eigenvalue weighted by Crippen LogP contribution is 2.28. The minimum Gasteiger partial charge on any atom is -0.458 e. The van der Waals surface area contributed by atoms with Gasteiger partial charge in [-0.05, 0) is 18.1 Å². The molecule has 0 spiro atoms. The maximum Gasteiger partial charge on any atom is 0.417 e. The second-order valence-corrected chi connectivity index (χ2v) is 4.41. The van der Waals surface area contributed by atoms with E-state index in [1.807, 2.05) is 0 Å². The molecule has 0 saturated carbocycles. The number of ether oxygens (including phenoxy) is 1. The monoisotopic (exact) mass is 276 g/mol. The Morgan fingerprint density at radius 1 is 1.42 bits per heavy atom. The first-order chi connectivity index (χ1) is 8.71. The molecule has 7 heteroatoms. The number of halogens is 3. The van der Waals surface area contributed by atoms with Crippen molar-refractivity contribution in [3.8, 4) is 0 Å². The summed E-state index contributed by atoms with van der Waals surface area (Å²) in [7, 11) is 0. The Kier molecular flexibility index (Phi) is 4.88. The number of rotatable bonds is 4. The van der Waals surface area contributed by atoms with Gasteiger partial charge in [0.2, 0.25) is 0 Å². The molecule has 0 fully saturated rings. The number of pyridine rings is 1. The highest BCUT2D eigenvalue weighted by Gasteiger charge is 2.30. The maximum atomic E-state index is 12.3. The fraction of sp³-hybridized carbons (Fsp3) is 0.500. The van der Waals surface area contributed by atoms with Crippen LogP contribution in [0.5, 0.6) is 0 Å². The molecule has 0 amide bonds. The molecule has 0 aliphatic heterocycles. The first kappa shape index (κ1) is 15.4. The Balaban J connectivity index is 2.58. The molecule has 1 aromatic heterocycles. The second kappa shape index (κ2) is 6.01. The number of hydrogen-bond acceptors (Lipinski definition) is 4. The number of esters is 1. The lowest BCUT2D eigenvalue weighted by Crippen LogP contribution is -2.36. The van der Waals surface area contributed by atoms with Crippen molar-refractivity contribution in [2.45, 2.75) is 32.7 Å². The highest BCUT2D eigenvalue weighted by molar-refractivity contribution is 5.75. The third-order valence-corrected chi connectivity index (χ3v) is 2.50. The average molecular weight is 276 g/mol. The molecule has 2 N–H and O–H groups in total. The van der Waals surface area contributed by atoms with Crippen molar-refractivity contribution in [3.05, 3.63) is 29.6 Å². The summed E-state index contributed by atoms with van der Waals surface area (Å²) in [6.45, 7) is 3.34. The molecule has 106 valence electrons. The zero-order valence-electron chi connectivity index (χ0n) is 10.6. The van der Waals surface area contributed by atoms with E-state index in [0.717, 1.165) is 12.1 Å². The van der Waals surface area contributed by atoms with Crippen LogP contribution >= 0.6 is 0 Å². The van der Waals surface area contributed by atoms with Crippen LogP contribution in [0.4, 0.5) is 13.2 Å². The van der Waals surface area contributed by atoms with Crippen LogP contribution in [0, 0.1) is 5.92 Å². The summed E-state index contributed by atoms with van der Waals surface area (Å²) in [4.78, 5) is 15.0. The molecule has 1 heterocycles. The van der Waals surface area contributed by atoms with E-state index in [1.54, 1.807) is 13.8 Å². The van der Waals surface area contributed by atoms with Crippen LogP contribution in [-0.4, -0.2) is 17.0 Å². The number of carbonyl (C=O) groups is 1. The minimum absolute atomic E-state index is 0.0759. The first-order valence-electron chi connectivity index (χ1n) is 5.66. The average Bonchev–Trinajstić information content (AvgIpc) is 2.34. The molecule has 4 nitrogen and oxygen atoms in total. The number of nitrogens with zero attached hydrogens (tertiary/aromatic N) is 1. The van der Waals surface area contributed by atoms with Crippen molar-refractivity contribution in [2.75, 3.05) is 0 Å². The van der Waals surface area contributed by atoms with E-state index < -0.39 is 23.8 Å². The van der Waals surface area contributed by atoms with Gasteiger partial charge in [-0.1, -0.05) is 13.8 Å². The Morgan fingerprint density at radius 2 is 2.05 bits per heavy atom. The Bertz CT molecular complexity index is 430. The lowest BCUT2D eigenvalue weighted by Gasteiger charge is -2.14. The zero-order valence-corrected chi connectivity index (χ0v) is 10.6. The van der Waals surface area contributed by atoms with Crippen LogP contribution < -0.4 is 5.73 Å². The largest absolute Gasteiger partial charge is 0.458 e. The lowest BCUT2D eigenvalue weighted by atomic mass is 10.1. The van der Waals surface area contributed by atoms with Gasteiger partial charge < -0.3 is 10.5 Å². The van der Waals surface area contributed by atoms with Gasteiger partial charge in [-0.3, -0.25) is 9.78 Å². The van der Waals surface area contributed by atoms with Gasteiger partial charge in [-0.15, -0.1) is 0 Å². The molecule has 0 aliphatic rings. The fourth-order valence-corrected chi connectivity index (χ4v) is 1.19. The van der Waals surface area contributed by atoms with Crippen molar-refractivity contribution < 1.29 is 22.7 Å². The predicted octanol–water partition coefficient (Wildman–Crippen LogP) is 2.13. The molecule has 1 aromatic rings. The van der Waals surface area contributed by atoms with Crippen molar-refractivity contribution in [3.63, 3.8) is 0 Å². The van der Waals surface area contributed by atoms with E-state index in [0.29, 0.717) is 6.20 Å². The first-order valence-corrected chi connectivity index (χ1v) is 5.66. The van der Waals surface area contributed by atoms with E-state index in [4.69, 9.17) is 10.5 Å². The van der Waals surface area contributed by atoms with Gasteiger partial charge in [-0.25, -0.2) is 0 Å². The van der Waals surface area contributed by atoms with Crippen molar-refractivity contribution >= 4 is 5.97 Å². The van der Waals surface area contributed by atoms with Crippen LogP contribution in [0.2, 0.25) is 0 Å². The van der Waals surface area contributed by atoms with Gasteiger partial charge in [0.25, 0.3) is 0 Å². The van der Waals surface area contributed by atoms with Gasteiger partial charge in [-0.2, -0.15) is 13.2 Å². The van der Waals surface area contributed by atoms with E-state index in [1.165, 1.54) is 0 Å². The molecule has 0 bridgehead atoms. The van der Waals surface area contributed by atoms with Crippen molar-refractivity contribution in [1.29, 1.82) is 0 Å². The SMILES string of the molecule is CC(C)C(N)C(=O)OCc1ccc(C(F)(F)F)cn1. The van der Waals surface area contributed by atoms with Gasteiger partial charge in [0.05, 0.1) is 11.3 Å². The second-order valence-electron chi connectivity index (χ2n) is 4.41. The molecule has 1 atom stereocenters. The number of nitrogens with two attached hydrogens (primary N) is 1. The summed E-state index contributed by atoms with van der Waals surface area (Å²) in [5.41, 5.74) is 4.95. The standard InChI is InChI=1S/C12H15F3N2O2/c1-7(2)10(16)11(18)19-6-9-4-3-8(5-17-9)12(13,14)15/h3-5,7,10H,6,16H2,1-2H3. The van der Waals surface area contributed by atoms with Crippen LogP contribution in [-0.2, 0) is 22.3 Å². The van der Waals surface area contributed by atoms with E-state index in [-0.39, 0.29) is 18.2 Å². The number of carbonyl (C=O) groups excluding carboxylic acids is 1. The summed E-state index contributed by atoms with van der Waals surface area (Å²) in [6, 6.07) is 1.30. The molecular weight excluding hydrogens is 261 g/mol. The summed E-state index contributed by atoms with van der Waals surface area (Å²) in [5.74, 6) is -0.676. The molecule has 0 saturated heterocycles. The molecule has 1 rings (SSSR count). The number of hydrogen-bond donors (Lipinski definition) is 1. The maximum absolute atomic E-state index is 12.3. The summed E-state index contributed by atoms with van der Waals surface area (Å²) >= 11 is 0. The van der Waals surface area contributed by atoms with Gasteiger partial charge >= 0.3 is 12.1 Å². The van der Waals surface area contributed by atoms with Gasteiger partial charge in [0.1, 0.15) is 12.6 Å². The highest BCUT2D eigenvalue weighted by atomic mass is 19.4. The quantitative estimate of drug-likeness (QED) is 0.855. The summed E-state index contributed by atoms with van der Waals surface area (Å²) in [5, 5.41) is 0. The van der Waals surface area contributed by atoms with Crippen LogP contribution in [0.1, 0.15) is 25.1 Å². The summed E-state index contributed by atoms with van der Waals surface area (Å²) < 4.78 is 41.7.